The number of hydrogen-bond donors (Lipinski definition) is 5. The number of rotatable bonds is 25. The molecule has 11 nitrogen and oxygen atoms in total. The van der Waals surface area contributed by atoms with Crippen LogP contribution in [0.4, 0.5) is 4.39 Å². The van der Waals surface area contributed by atoms with Crippen molar-refractivity contribution < 1.29 is 53.5 Å². The van der Waals surface area contributed by atoms with Gasteiger partial charge >= 0.3 is 17.9 Å². The van der Waals surface area contributed by atoms with Gasteiger partial charge in [-0.15, -0.1) is 0 Å². The number of allylic oxidation sites excluding steroid dienone is 1. The average Bonchev–Trinajstić information content (AvgIpc) is 3.04. The lowest BCUT2D eigenvalue weighted by Crippen LogP contribution is -2.55. The van der Waals surface area contributed by atoms with Crippen molar-refractivity contribution in [2.75, 3.05) is 0 Å². The van der Waals surface area contributed by atoms with E-state index in [-0.39, 0.29) is 12.2 Å². The fourth-order valence-corrected chi connectivity index (χ4v) is 5.26. The molecule has 268 valence electrons. The summed E-state index contributed by atoms with van der Waals surface area (Å²) in [4.78, 5) is 61.0. The summed E-state index contributed by atoms with van der Waals surface area (Å²) in [6.07, 6.45) is 11.0. The maximum absolute atomic E-state index is 13.3. The number of amides is 1. The third kappa shape index (κ3) is 15.0. The van der Waals surface area contributed by atoms with Crippen molar-refractivity contribution in [3.05, 3.63) is 72.1 Å². The molecule has 3 atom stereocenters. The van der Waals surface area contributed by atoms with E-state index in [9.17, 15) is 48.8 Å². The van der Waals surface area contributed by atoms with Crippen LogP contribution in [0.1, 0.15) is 96.0 Å². The molecule has 0 radical (unpaired) electrons. The highest BCUT2D eigenvalue weighted by Crippen LogP contribution is 2.26. The smallest absolute Gasteiger partial charge is 0.337 e. The number of hydrogen-bond acceptors (Lipinski definition) is 7. The molecule has 5 N–H and O–H groups in total. The van der Waals surface area contributed by atoms with Gasteiger partial charge in [0.05, 0.1) is 12.3 Å². The van der Waals surface area contributed by atoms with Crippen LogP contribution in [-0.2, 0) is 30.4 Å². The van der Waals surface area contributed by atoms with E-state index in [0.717, 1.165) is 51.0 Å². The van der Waals surface area contributed by atoms with Crippen LogP contribution >= 0.6 is 0 Å². The molecule has 0 saturated carbocycles. The second kappa shape index (κ2) is 21.4. The lowest BCUT2D eigenvalue weighted by atomic mass is 9.82. The van der Waals surface area contributed by atoms with Gasteiger partial charge in [0, 0.05) is 19.3 Å². The van der Waals surface area contributed by atoms with Crippen molar-refractivity contribution >= 4 is 29.6 Å². The molecule has 2 rings (SSSR count). The molecule has 0 fully saturated rings. The van der Waals surface area contributed by atoms with Crippen molar-refractivity contribution in [1.29, 1.82) is 0 Å². The fraction of sp³-hybridized carbons (Fsp3) is 0.486. The fourth-order valence-electron chi connectivity index (χ4n) is 5.26. The van der Waals surface area contributed by atoms with E-state index in [4.69, 9.17) is 4.74 Å². The Bertz CT molecular complexity index is 1390. The lowest BCUT2D eigenvalue weighted by molar-refractivity contribution is -0.172. The molecule has 0 aliphatic carbocycles. The zero-order chi connectivity index (χ0) is 36.2. The lowest BCUT2D eigenvalue weighted by Gasteiger charge is -2.29. The summed E-state index contributed by atoms with van der Waals surface area (Å²) in [7, 11) is 0. The Balaban J connectivity index is 2.01. The molecule has 0 bridgehead atoms. The van der Waals surface area contributed by atoms with Crippen molar-refractivity contribution in [3.8, 4) is 11.5 Å². The van der Waals surface area contributed by atoms with E-state index in [2.05, 4.69) is 12.2 Å². The number of ketones is 1. The molecule has 2 aromatic rings. The van der Waals surface area contributed by atoms with E-state index in [1.165, 1.54) is 36.8 Å². The summed E-state index contributed by atoms with van der Waals surface area (Å²) in [6.45, 7) is 2.14. The zero-order valence-corrected chi connectivity index (χ0v) is 27.9. The van der Waals surface area contributed by atoms with E-state index in [0.29, 0.717) is 42.7 Å². The number of Topliss-reactive ketones (excluding diaryl/α,β-unsaturated/α-hetero) is 1. The topological polar surface area (TPSA) is 188 Å². The quantitative estimate of drug-likeness (QED) is 0.0573. The highest BCUT2D eigenvalue weighted by molar-refractivity contribution is 5.94. The van der Waals surface area contributed by atoms with Gasteiger partial charge in [0.1, 0.15) is 29.1 Å². The molecule has 0 heterocycles. The first-order valence-corrected chi connectivity index (χ1v) is 16.8. The SMILES string of the molecule is CCCCCCCC(=O)CCCCCC/C=C/C(C(=O)NC(Cc1ccc(Oc2ccc(F)cc2)cc1)C(=O)O)C(O)(CC(=O)O)C(=O)O. The Labute approximate surface area is 286 Å². The highest BCUT2D eigenvalue weighted by atomic mass is 19.1. The first-order valence-electron chi connectivity index (χ1n) is 16.8. The third-order valence-electron chi connectivity index (χ3n) is 8.08. The van der Waals surface area contributed by atoms with Gasteiger partial charge in [-0.1, -0.05) is 69.7 Å². The minimum atomic E-state index is -3.05. The minimum Gasteiger partial charge on any atom is -0.481 e. The van der Waals surface area contributed by atoms with Gasteiger partial charge in [-0.05, 0) is 67.6 Å². The first kappa shape index (κ1) is 40.6. The van der Waals surface area contributed by atoms with Gasteiger partial charge in [0.2, 0.25) is 5.91 Å². The second-order valence-corrected chi connectivity index (χ2v) is 12.2. The summed E-state index contributed by atoms with van der Waals surface area (Å²) >= 11 is 0. The molecule has 0 saturated heterocycles. The van der Waals surface area contributed by atoms with Gasteiger partial charge in [0.15, 0.2) is 5.60 Å². The van der Waals surface area contributed by atoms with Gasteiger partial charge in [-0.2, -0.15) is 0 Å². The Morgan fingerprint density at radius 3 is 1.90 bits per heavy atom. The number of nitrogens with one attached hydrogen (secondary N) is 1. The zero-order valence-electron chi connectivity index (χ0n) is 27.9. The predicted molar refractivity (Wildman–Crippen MR) is 180 cm³/mol. The largest absolute Gasteiger partial charge is 0.481 e. The van der Waals surface area contributed by atoms with E-state index < -0.39 is 53.6 Å². The standard InChI is InChI=1S/C37H48FNO10/c1-2-3-4-7-10-13-28(40)14-11-8-5-6-9-12-15-31(37(48,36(46)47)25-33(41)42)34(43)39-32(35(44)45)24-26-16-20-29(21-17-26)49-30-22-18-27(38)19-23-30/h12,15-23,31-32,48H,2-11,13-14,24-25H2,1H3,(H,39,43)(H,41,42)(H,44,45)(H,46,47)/b15-12+. The van der Waals surface area contributed by atoms with Crippen LogP contribution in [0.15, 0.2) is 60.7 Å². The average molecular weight is 686 g/mol. The van der Waals surface area contributed by atoms with Gasteiger partial charge in [-0.25, -0.2) is 14.0 Å². The number of unbranched alkanes of at least 4 members (excludes halogenated alkanes) is 8. The number of aliphatic carboxylic acids is 3. The number of carboxylic acids is 3. The van der Waals surface area contributed by atoms with Gasteiger partial charge in [0.25, 0.3) is 0 Å². The Morgan fingerprint density at radius 2 is 1.37 bits per heavy atom. The molecule has 0 aliphatic heterocycles. The number of carboxylic acid groups (broad SMARTS) is 3. The van der Waals surface area contributed by atoms with Crippen LogP contribution in [-0.4, -0.2) is 61.7 Å². The molecule has 1 amide bonds. The molecule has 2 aromatic carbocycles. The van der Waals surface area contributed by atoms with Crippen LogP contribution in [0.5, 0.6) is 11.5 Å². The Morgan fingerprint density at radius 1 is 0.816 bits per heavy atom. The van der Waals surface area contributed by atoms with Crippen LogP contribution in [0, 0.1) is 11.7 Å². The van der Waals surface area contributed by atoms with Gasteiger partial charge < -0.3 is 30.5 Å². The molecule has 0 aromatic heterocycles. The molecular weight excluding hydrogens is 637 g/mol. The number of aliphatic hydroxyl groups is 1. The molecule has 49 heavy (non-hydrogen) atoms. The van der Waals surface area contributed by atoms with Crippen LogP contribution in [0.2, 0.25) is 0 Å². The van der Waals surface area contributed by atoms with Crippen molar-refractivity contribution in [1.82, 2.24) is 5.32 Å². The van der Waals surface area contributed by atoms with Crippen LogP contribution in [0.3, 0.4) is 0 Å². The number of halogens is 1. The van der Waals surface area contributed by atoms with Gasteiger partial charge in [-0.3, -0.25) is 14.4 Å². The first-order chi connectivity index (χ1) is 23.3. The van der Waals surface area contributed by atoms with E-state index in [1.54, 1.807) is 24.3 Å². The molecule has 0 spiro atoms. The second-order valence-electron chi connectivity index (χ2n) is 12.2. The van der Waals surface area contributed by atoms with E-state index >= 15 is 0 Å². The maximum Gasteiger partial charge on any atom is 0.337 e. The van der Waals surface area contributed by atoms with E-state index in [1.807, 2.05) is 0 Å². The van der Waals surface area contributed by atoms with Crippen molar-refractivity contribution in [2.45, 2.75) is 108 Å². The van der Waals surface area contributed by atoms with Crippen molar-refractivity contribution in [2.24, 2.45) is 5.92 Å². The summed E-state index contributed by atoms with van der Waals surface area (Å²) in [5.41, 5.74) is -2.58. The normalized spacial score (nSPS) is 13.7. The number of benzene rings is 2. The monoisotopic (exact) mass is 685 g/mol. The summed E-state index contributed by atoms with van der Waals surface area (Å²) in [6, 6.07) is 10.0. The summed E-state index contributed by atoms with van der Waals surface area (Å²) in [5.74, 6) is -7.53. The van der Waals surface area contributed by atoms with Crippen LogP contribution < -0.4 is 10.1 Å². The summed E-state index contributed by atoms with van der Waals surface area (Å²) < 4.78 is 18.8. The third-order valence-corrected chi connectivity index (χ3v) is 8.08. The Hall–Kier alpha value is -4.58. The number of carbonyl (C=O) groups is 5. The van der Waals surface area contributed by atoms with Crippen molar-refractivity contribution in [3.63, 3.8) is 0 Å². The predicted octanol–water partition coefficient (Wildman–Crippen LogP) is 6.46. The summed E-state index contributed by atoms with van der Waals surface area (Å²) in [5, 5.41) is 42.1. The maximum atomic E-state index is 13.3. The Kier molecular flexibility index (Phi) is 17.7. The molecule has 12 heteroatoms. The molecule has 3 unspecified atom stereocenters. The van der Waals surface area contributed by atoms with Crippen LogP contribution in [0.25, 0.3) is 0 Å². The minimum absolute atomic E-state index is 0.222. The molecular formula is C37H48FNO10. The number of ether oxygens (including phenoxy) is 1. The highest BCUT2D eigenvalue weighted by Gasteiger charge is 2.49. The molecule has 0 aliphatic rings. The number of carbonyl (C=O) groups excluding carboxylic acids is 2.